The molecule has 0 fully saturated rings. The Balaban J connectivity index is 3.18. The highest BCUT2D eigenvalue weighted by Gasteiger charge is 2.01. The number of hydrogen-bond donors (Lipinski definition) is 0. The second-order valence-corrected chi connectivity index (χ2v) is 3.58. The molecule has 0 aromatic carbocycles. The van der Waals surface area contributed by atoms with Crippen LogP contribution in [0.5, 0.6) is 0 Å². The summed E-state index contributed by atoms with van der Waals surface area (Å²) in [4.78, 5) is 12.7. The summed E-state index contributed by atoms with van der Waals surface area (Å²) >= 11 is 3.35. The van der Waals surface area contributed by atoms with Crippen LogP contribution in [0.3, 0.4) is 0 Å². The summed E-state index contributed by atoms with van der Waals surface area (Å²) in [6.07, 6.45) is 4.02. The van der Waals surface area contributed by atoms with Gasteiger partial charge in [0.05, 0.1) is 0 Å². The van der Waals surface area contributed by atoms with Crippen molar-refractivity contribution in [2.75, 3.05) is 19.4 Å². The van der Waals surface area contributed by atoms with Crippen LogP contribution in [-0.2, 0) is 4.79 Å². The van der Waals surface area contributed by atoms with Gasteiger partial charge in [-0.1, -0.05) is 22.4 Å². The van der Waals surface area contributed by atoms with Crippen molar-refractivity contribution in [2.45, 2.75) is 25.7 Å². The predicted octanol–water partition coefficient (Wildman–Crippen LogP) is 2.03. The molecule has 0 atom stereocenters. The Kier molecular flexibility index (Phi) is 6.62. The van der Waals surface area contributed by atoms with E-state index in [0.717, 1.165) is 18.2 Å². The lowest BCUT2D eigenvalue weighted by atomic mass is 10.2. The average Bonchev–Trinajstić information content (AvgIpc) is 1.97. The van der Waals surface area contributed by atoms with Crippen LogP contribution in [0.2, 0.25) is 0 Å². The number of carbonyl (C=O) groups excluding carboxylic acids is 1. The highest BCUT2D eigenvalue weighted by Crippen LogP contribution is 2.02. The standard InChI is InChI=1S/C8H16BrNO/c1-10(2)8(11)6-4-3-5-7-9/h3-7H2,1-2H3. The van der Waals surface area contributed by atoms with Gasteiger partial charge in [-0.15, -0.1) is 0 Å². The highest BCUT2D eigenvalue weighted by molar-refractivity contribution is 9.09. The topological polar surface area (TPSA) is 20.3 Å². The zero-order valence-corrected chi connectivity index (χ0v) is 8.85. The van der Waals surface area contributed by atoms with Crippen molar-refractivity contribution >= 4 is 21.8 Å². The van der Waals surface area contributed by atoms with E-state index >= 15 is 0 Å². The monoisotopic (exact) mass is 221 g/mol. The normalized spacial score (nSPS) is 9.73. The second kappa shape index (κ2) is 6.65. The van der Waals surface area contributed by atoms with Crippen molar-refractivity contribution in [3.8, 4) is 0 Å². The Morgan fingerprint density at radius 2 is 1.91 bits per heavy atom. The van der Waals surface area contributed by atoms with Gasteiger partial charge >= 0.3 is 0 Å². The second-order valence-electron chi connectivity index (χ2n) is 2.79. The fourth-order valence-electron chi connectivity index (χ4n) is 0.771. The van der Waals surface area contributed by atoms with Gasteiger partial charge in [-0.3, -0.25) is 4.79 Å². The van der Waals surface area contributed by atoms with Crippen LogP contribution in [0, 0.1) is 0 Å². The van der Waals surface area contributed by atoms with Gasteiger partial charge in [-0.05, 0) is 12.8 Å². The zero-order chi connectivity index (χ0) is 8.69. The largest absolute Gasteiger partial charge is 0.349 e. The fourth-order valence-corrected chi connectivity index (χ4v) is 1.17. The summed E-state index contributed by atoms with van der Waals surface area (Å²) in [6.45, 7) is 0. The van der Waals surface area contributed by atoms with E-state index in [4.69, 9.17) is 0 Å². The number of rotatable bonds is 5. The minimum absolute atomic E-state index is 0.236. The molecule has 0 unspecified atom stereocenters. The Hall–Kier alpha value is -0.0500. The third kappa shape index (κ3) is 6.35. The van der Waals surface area contributed by atoms with E-state index in [1.54, 1.807) is 19.0 Å². The summed E-state index contributed by atoms with van der Waals surface area (Å²) in [6, 6.07) is 0. The summed E-state index contributed by atoms with van der Waals surface area (Å²) in [5, 5.41) is 1.04. The molecule has 3 heteroatoms. The summed E-state index contributed by atoms with van der Waals surface area (Å²) in [7, 11) is 3.60. The first-order chi connectivity index (χ1) is 5.18. The zero-order valence-electron chi connectivity index (χ0n) is 7.27. The molecule has 0 N–H and O–H groups in total. The first kappa shape index (κ1) is 11.0. The van der Waals surface area contributed by atoms with Crippen LogP contribution < -0.4 is 0 Å². The lowest BCUT2D eigenvalue weighted by Crippen LogP contribution is -2.20. The Morgan fingerprint density at radius 1 is 1.27 bits per heavy atom. The lowest BCUT2D eigenvalue weighted by molar-refractivity contribution is -0.128. The Bertz CT molecular complexity index is 115. The Labute approximate surface area is 77.1 Å². The van der Waals surface area contributed by atoms with E-state index in [2.05, 4.69) is 15.9 Å². The van der Waals surface area contributed by atoms with Crippen LogP contribution in [-0.4, -0.2) is 30.2 Å². The van der Waals surface area contributed by atoms with E-state index in [9.17, 15) is 4.79 Å². The molecule has 0 aromatic heterocycles. The maximum absolute atomic E-state index is 11.0. The van der Waals surface area contributed by atoms with Crippen LogP contribution in [0.15, 0.2) is 0 Å². The number of amides is 1. The van der Waals surface area contributed by atoms with Crippen LogP contribution >= 0.6 is 15.9 Å². The third-order valence-electron chi connectivity index (χ3n) is 1.52. The maximum Gasteiger partial charge on any atom is 0.222 e. The van der Waals surface area contributed by atoms with Gasteiger partial charge in [0.1, 0.15) is 0 Å². The molecule has 0 radical (unpaired) electrons. The number of nitrogens with zero attached hydrogens (tertiary/aromatic N) is 1. The summed E-state index contributed by atoms with van der Waals surface area (Å²) in [5.41, 5.74) is 0. The van der Waals surface area contributed by atoms with Gasteiger partial charge in [0.15, 0.2) is 0 Å². The number of carbonyl (C=O) groups is 1. The van der Waals surface area contributed by atoms with Gasteiger partial charge in [-0.2, -0.15) is 0 Å². The van der Waals surface area contributed by atoms with Gasteiger partial charge in [0.2, 0.25) is 5.91 Å². The molecule has 0 rings (SSSR count). The molecule has 0 saturated heterocycles. The first-order valence-electron chi connectivity index (χ1n) is 3.94. The van der Waals surface area contributed by atoms with Crippen molar-refractivity contribution in [1.29, 1.82) is 0 Å². The molecule has 0 spiro atoms. The van der Waals surface area contributed by atoms with E-state index in [0.29, 0.717) is 6.42 Å². The van der Waals surface area contributed by atoms with E-state index in [1.165, 1.54) is 6.42 Å². The Morgan fingerprint density at radius 3 is 2.36 bits per heavy atom. The van der Waals surface area contributed by atoms with Gasteiger partial charge in [0.25, 0.3) is 0 Å². The minimum Gasteiger partial charge on any atom is -0.349 e. The van der Waals surface area contributed by atoms with Crippen LogP contribution in [0.4, 0.5) is 0 Å². The molecule has 0 aliphatic rings. The van der Waals surface area contributed by atoms with Crippen molar-refractivity contribution < 1.29 is 4.79 Å². The molecule has 11 heavy (non-hydrogen) atoms. The molecule has 0 bridgehead atoms. The molecule has 0 aliphatic carbocycles. The molecule has 0 aliphatic heterocycles. The van der Waals surface area contributed by atoms with Crippen molar-refractivity contribution in [3.05, 3.63) is 0 Å². The lowest BCUT2D eigenvalue weighted by Gasteiger charge is -2.08. The van der Waals surface area contributed by atoms with E-state index < -0.39 is 0 Å². The van der Waals surface area contributed by atoms with Crippen molar-refractivity contribution in [1.82, 2.24) is 4.90 Å². The number of hydrogen-bond acceptors (Lipinski definition) is 1. The fraction of sp³-hybridized carbons (Fsp3) is 0.875. The van der Waals surface area contributed by atoms with Crippen molar-refractivity contribution in [3.63, 3.8) is 0 Å². The molecule has 66 valence electrons. The quantitative estimate of drug-likeness (QED) is 0.514. The maximum atomic E-state index is 11.0. The molecular weight excluding hydrogens is 206 g/mol. The van der Waals surface area contributed by atoms with Gasteiger partial charge in [0, 0.05) is 25.8 Å². The smallest absolute Gasteiger partial charge is 0.222 e. The van der Waals surface area contributed by atoms with E-state index in [-0.39, 0.29) is 5.91 Å². The van der Waals surface area contributed by atoms with Crippen molar-refractivity contribution in [2.24, 2.45) is 0 Å². The predicted molar refractivity (Wildman–Crippen MR) is 51.0 cm³/mol. The molecule has 0 saturated carbocycles. The summed E-state index contributed by atoms with van der Waals surface area (Å²) in [5.74, 6) is 0.236. The molecule has 0 heterocycles. The highest BCUT2D eigenvalue weighted by atomic mass is 79.9. The van der Waals surface area contributed by atoms with Gasteiger partial charge in [-0.25, -0.2) is 0 Å². The average molecular weight is 222 g/mol. The molecule has 1 amide bonds. The SMILES string of the molecule is CN(C)C(=O)CCCCCBr. The van der Waals surface area contributed by atoms with Gasteiger partial charge < -0.3 is 4.90 Å². The first-order valence-corrected chi connectivity index (χ1v) is 5.06. The number of alkyl halides is 1. The van der Waals surface area contributed by atoms with Crippen LogP contribution in [0.1, 0.15) is 25.7 Å². The third-order valence-corrected chi connectivity index (χ3v) is 2.08. The van der Waals surface area contributed by atoms with Crippen LogP contribution in [0.25, 0.3) is 0 Å². The summed E-state index contributed by atoms with van der Waals surface area (Å²) < 4.78 is 0. The number of halogens is 1. The molecular formula is C8H16BrNO. The minimum atomic E-state index is 0.236. The molecule has 0 aromatic rings. The number of unbranched alkanes of at least 4 members (excludes halogenated alkanes) is 2. The van der Waals surface area contributed by atoms with E-state index in [1.807, 2.05) is 0 Å². The molecule has 2 nitrogen and oxygen atoms in total.